The second-order valence-electron chi connectivity index (χ2n) is 5.39. The Morgan fingerprint density at radius 2 is 1.86 bits per heavy atom. The lowest BCUT2D eigenvalue weighted by Crippen LogP contribution is -2.32. The molecular formula is C18H22N2O. The van der Waals surface area contributed by atoms with Crippen LogP contribution in [-0.2, 0) is 11.2 Å². The van der Waals surface area contributed by atoms with Crippen LogP contribution in [0.2, 0.25) is 0 Å². The summed E-state index contributed by atoms with van der Waals surface area (Å²) in [5, 5.41) is 0. The lowest BCUT2D eigenvalue weighted by molar-refractivity contribution is -0.131. The minimum Gasteiger partial charge on any atom is -0.399 e. The molecule has 0 aliphatic carbocycles. The number of likely N-dealkylation sites (N-methyl/N-ethyl adjacent to an activating group) is 1. The molecule has 2 N–H and O–H groups in total. The van der Waals surface area contributed by atoms with Crippen molar-refractivity contribution in [3.63, 3.8) is 0 Å². The van der Waals surface area contributed by atoms with E-state index in [1.807, 2.05) is 56.4 Å². The normalized spacial score (nSPS) is 11.9. The van der Waals surface area contributed by atoms with Crippen molar-refractivity contribution in [3.05, 3.63) is 65.7 Å². The van der Waals surface area contributed by atoms with Crippen LogP contribution in [-0.4, -0.2) is 24.4 Å². The van der Waals surface area contributed by atoms with Gasteiger partial charge in [0.2, 0.25) is 5.91 Å². The number of anilines is 1. The van der Waals surface area contributed by atoms with E-state index in [0.717, 1.165) is 18.5 Å². The van der Waals surface area contributed by atoms with E-state index in [-0.39, 0.29) is 11.8 Å². The molecule has 0 heterocycles. The lowest BCUT2D eigenvalue weighted by atomic mass is 9.99. The Kier molecular flexibility index (Phi) is 4.99. The fourth-order valence-corrected chi connectivity index (χ4v) is 2.35. The molecule has 2 rings (SSSR count). The van der Waals surface area contributed by atoms with Crippen LogP contribution in [0, 0.1) is 0 Å². The zero-order valence-corrected chi connectivity index (χ0v) is 12.6. The molecule has 21 heavy (non-hydrogen) atoms. The number of benzene rings is 2. The molecule has 2 aromatic rings. The van der Waals surface area contributed by atoms with E-state index >= 15 is 0 Å². The Hall–Kier alpha value is -2.29. The number of carbonyl (C=O) groups is 1. The predicted octanol–water partition coefficient (Wildman–Crippen LogP) is 3.07. The third-order valence-electron chi connectivity index (χ3n) is 3.74. The van der Waals surface area contributed by atoms with Crippen molar-refractivity contribution >= 4 is 11.6 Å². The first-order chi connectivity index (χ1) is 10.1. The number of hydrogen-bond donors (Lipinski definition) is 1. The number of nitrogens with zero attached hydrogens (tertiary/aromatic N) is 1. The summed E-state index contributed by atoms with van der Waals surface area (Å²) < 4.78 is 0. The highest BCUT2D eigenvalue weighted by atomic mass is 16.2. The molecule has 0 aliphatic rings. The van der Waals surface area contributed by atoms with Gasteiger partial charge >= 0.3 is 0 Å². The molecular weight excluding hydrogens is 260 g/mol. The maximum Gasteiger partial charge on any atom is 0.229 e. The first-order valence-corrected chi connectivity index (χ1v) is 7.22. The molecule has 1 amide bonds. The average Bonchev–Trinajstić information content (AvgIpc) is 2.52. The number of nitrogens with two attached hydrogens (primary N) is 1. The molecule has 3 nitrogen and oxygen atoms in total. The molecule has 1 unspecified atom stereocenters. The summed E-state index contributed by atoms with van der Waals surface area (Å²) in [7, 11) is 1.86. The summed E-state index contributed by atoms with van der Waals surface area (Å²) >= 11 is 0. The highest BCUT2D eigenvalue weighted by molar-refractivity contribution is 5.83. The van der Waals surface area contributed by atoms with Gasteiger partial charge in [-0.15, -0.1) is 0 Å². The third kappa shape index (κ3) is 4.09. The van der Waals surface area contributed by atoms with Gasteiger partial charge in [0.15, 0.2) is 0 Å². The van der Waals surface area contributed by atoms with E-state index in [0.29, 0.717) is 5.69 Å². The van der Waals surface area contributed by atoms with Crippen molar-refractivity contribution in [3.8, 4) is 0 Å². The summed E-state index contributed by atoms with van der Waals surface area (Å²) in [5.41, 5.74) is 8.68. The smallest absolute Gasteiger partial charge is 0.229 e. The summed E-state index contributed by atoms with van der Waals surface area (Å²) in [6.07, 6.45) is 0.868. The SMILES string of the molecule is CC(C(=O)N(C)CCc1ccccc1)c1cccc(N)c1. The van der Waals surface area contributed by atoms with Gasteiger partial charge in [-0.25, -0.2) is 0 Å². The molecule has 0 bridgehead atoms. The average molecular weight is 282 g/mol. The molecule has 0 saturated carbocycles. The van der Waals surface area contributed by atoms with Crippen molar-refractivity contribution in [2.24, 2.45) is 0 Å². The summed E-state index contributed by atoms with van der Waals surface area (Å²) in [6.45, 7) is 2.64. The Morgan fingerprint density at radius 1 is 1.14 bits per heavy atom. The van der Waals surface area contributed by atoms with E-state index < -0.39 is 0 Å². The van der Waals surface area contributed by atoms with Crippen LogP contribution in [0.1, 0.15) is 24.0 Å². The van der Waals surface area contributed by atoms with E-state index in [1.165, 1.54) is 5.56 Å². The second kappa shape index (κ2) is 6.93. The lowest BCUT2D eigenvalue weighted by Gasteiger charge is -2.22. The van der Waals surface area contributed by atoms with Crippen LogP contribution in [0.25, 0.3) is 0 Å². The quantitative estimate of drug-likeness (QED) is 0.857. The number of carbonyl (C=O) groups excluding carboxylic acids is 1. The van der Waals surface area contributed by atoms with Gasteiger partial charge in [0.05, 0.1) is 5.92 Å². The number of amides is 1. The standard InChI is InChI=1S/C18H22N2O/c1-14(16-9-6-10-17(19)13-16)18(21)20(2)12-11-15-7-4-3-5-8-15/h3-10,13-14H,11-12,19H2,1-2H3. The number of hydrogen-bond acceptors (Lipinski definition) is 2. The molecule has 0 saturated heterocycles. The first kappa shape index (κ1) is 15.1. The van der Waals surface area contributed by atoms with E-state index in [1.54, 1.807) is 4.90 Å². The summed E-state index contributed by atoms with van der Waals surface area (Å²) in [5.74, 6) is -0.0502. The molecule has 0 spiro atoms. The Labute approximate surface area is 126 Å². The van der Waals surface area contributed by atoms with Crippen molar-refractivity contribution in [2.75, 3.05) is 19.3 Å². The largest absolute Gasteiger partial charge is 0.399 e. The predicted molar refractivity (Wildman–Crippen MR) is 87.1 cm³/mol. The molecule has 1 atom stereocenters. The van der Waals surface area contributed by atoms with Gasteiger partial charge in [-0.2, -0.15) is 0 Å². The molecule has 0 aromatic heterocycles. The third-order valence-corrected chi connectivity index (χ3v) is 3.74. The maximum absolute atomic E-state index is 12.5. The van der Waals surface area contributed by atoms with Gasteiger partial charge in [-0.05, 0) is 36.6 Å². The fraction of sp³-hybridized carbons (Fsp3) is 0.278. The Bertz CT molecular complexity index is 595. The molecule has 2 aromatic carbocycles. The van der Waals surface area contributed by atoms with Crippen LogP contribution in [0.3, 0.4) is 0 Å². The Morgan fingerprint density at radius 3 is 2.52 bits per heavy atom. The molecule has 0 aliphatic heterocycles. The summed E-state index contributed by atoms with van der Waals surface area (Å²) in [4.78, 5) is 14.3. The van der Waals surface area contributed by atoms with Gasteiger partial charge in [0.1, 0.15) is 0 Å². The zero-order valence-electron chi connectivity index (χ0n) is 12.6. The number of rotatable bonds is 5. The monoisotopic (exact) mass is 282 g/mol. The first-order valence-electron chi connectivity index (χ1n) is 7.22. The van der Waals surface area contributed by atoms with Gasteiger partial charge in [-0.3, -0.25) is 4.79 Å². The maximum atomic E-state index is 12.5. The minimum absolute atomic E-state index is 0.122. The van der Waals surface area contributed by atoms with E-state index in [9.17, 15) is 4.79 Å². The number of nitrogen functional groups attached to an aromatic ring is 1. The molecule has 0 fully saturated rings. The molecule has 0 radical (unpaired) electrons. The van der Waals surface area contributed by atoms with Crippen LogP contribution >= 0.6 is 0 Å². The van der Waals surface area contributed by atoms with Crippen molar-refractivity contribution < 1.29 is 4.79 Å². The highest BCUT2D eigenvalue weighted by Crippen LogP contribution is 2.19. The van der Waals surface area contributed by atoms with E-state index in [2.05, 4.69) is 12.1 Å². The van der Waals surface area contributed by atoms with Gasteiger partial charge in [0, 0.05) is 19.3 Å². The van der Waals surface area contributed by atoms with Crippen LogP contribution in [0.5, 0.6) is 0 Å². The van der Waals surface area contributed by atoms with Crippen molar-refractivity contribution in [2.45, 2.75) is 19.3 Å². The fourth-order valence-electron chi connectivity index (χ4n) is 2.35. The second-order valence-corrected chi connectivity index (χ2v) is 5.39. The zero-order chi connectivity index (χ0) is 15.2. The Balaban J connectivity index is 1.95. The molecule has 3 heteroatoms. The molecule has 110 valence electrons. The topological polar surface area (TPSA) is 46.3 Å². The van der Waals surface area contributed by atoms with Crippen LogP contribution < -0.4 is 5.73 Å². The summed E-state index contributed by atoms with van der Waals surface area (Å²) in [6, 6.07) is 17.7. The highest BCUT2D eigenvalue weighted by Gasteiger charge is 2.19. The van der Waals surface area contributed by atoms with Gasteiger partial charge in [-0.1, -0.05) is 42.5 Å². The minimum atomic E-state index is -0.172. The van der Waals surface area contributed by atoms with Gasteiger partial charge in [0.25, 0.3) is 0 Å². The van der Waals surface area contributed by atoms with E-state index in [4.69, 9.17) is 5.73 Å². The van der Waals surface area contributed by atoms with Crippen LogP contribution in [0.4, 0.5) is 5.69 Å². The van der Waals surface area contributed by atoms with Gasteiger partial charge < -0.3 is 10.6 Å². The van der Waals surface area contributed by atoms with Crippen molar-refractivity contribution in [1.82, 2.24) is 4.90 Å². The van der Waals surface area contributed by atoms with Crippen LogP contribution in [0.15, 0.2) is 54.6 Å². The van der Waals surface area contributed by atoms with Crippen molar-refractivity contribution in [1.29, 1.82) is 0 Å².